The van der Waals surface area contributed by atoms with Gasteiger partial charge >= 0.3 is 0 Å². The Morgan fingerprint density at radius 1 is 1.03 bits per heavy atom. The summed E-state index contributed by atoms with van der Waals surface area (Å²) in [4.78, 5) is 12.9. The Bertz CT molecular complexity index is 1430. The third-order valence-electron chi connectivity index (χ3n) is 5.02. The summed E-state index contributed by atoms with van der Waals surface area (Å²) in [5.41, 5.74) is 2.49. The standard InChI is InChI=1S/C20H23N3O6S3/c1-10-9-11(2)18(31(6,25)26)13(4)16(10)21-20(24)17-15(7-8-30-17)32(27,28)23-19-12(3)14(5)29-22-19/h7-9H,1-6H3,(H,21,24)(H,22,23). The number of aryl methyl sites for hydroxylation is 3. The Kier molecular flexibility index (Phi) is 6.24. The van der Waals surface area contributed by atoms with Crippen molar-refractivity contribution in [2.24, 2.45) is 0 Å². The molecule has 1 amide bonds. The molecule has 0 unspecified atom stereocenters. The molecule has 0 bridgehead atoms. The van der Waals surface area contributed by atoms with Gasteiger partial charge in [0.25, 0.3) is 15.9 Å². The van der Waals surface area contributed by atoms with Gasteiger partial charge < -0.3 is 9.84 Å². The number of thiophene rings is 1. The van der Waals surface area contributed by atoms with Crippen molar-refractivity contribution in [3.8, 4) is 0 Å². The molecule has 1 aromatic carbocycles. The third kappa shape index (κ3) is 4.43. The zero-order valence-electron chi connectivity index (χ0n) is 18.4. The quantitative estimate of drug-likeness (QED) is 0.529. The molecule has 2 N–H and O–H groups in total. The number of aromatic nitrogens is 1. The second kappa shape index (κ2) is 8.34. The molecule has 2 heterocycles. The van der Waals surface area contributed by atoms with Crippen molar-refractivity contribution in [1.29, 1.82) is 0 Å². The summed E-state index contributed by atoms with van der Waals surface area (Å²) >= 11 is 0.955. The monoisotopic (exact) mass is 497 g/mol. The van der Waals surface area contributed by atoms with E-state index in [4.69, 9.17) is 4.52 Å². The number of benzene rings is 1. The highest BCUT2D eigenvalue weighted by molar-refractivity contribution is 7.93. The molecule has 0 aliphatic rings. The predicted molar refractivity (Wildman–Crippen MR) is 123 cm³/mol. The number of nitrogens with zero attached hydrogens (tertiary/aromatic N) is 1. The van der Waals surface area contributed by atoms with Crippen LogP contribution in [0.5, 0.6) is 0 Å². The Morgan fingerprint density at radius 3 is 2.25 bits per heavy atom. The van der Waals surface area contributed by atoms with Crippen LogP contribution >= 0.6 is 11.3 Å². The molecule has 0 saturated heterocycles. The Balaban J connectivity index is 1.99. The van der Waals surface area contributed by atoms with Gasteiger partial charge in [0.1, 0.15) is 15.5 Å². The second-order valence-corrected chi connectivity index (χ2v) is 12.0. The summed E-state index contributed by atoms with van der Waals surface area (Å²) in [6.45, 7) is 8.35. The minimum atomic E-state index is -4.12. The fourth-order valence-corrected chi connectivity index (χ4v) is 7.15. The maximum absolute atomic E-state index is 13.0. The fraction of sp³-hybridized carbons (Fsp3) is 0.300. The van der Waals surface area contributed by atoms with Crippen molar-refractivity contribution >= 4 is 48.6 Å². The molecular formula is C20H23N3O6S3. The molecule has 3 rings (SSSR count). The largest absolute Gasteiger partial charge is 0.359 e. The van der Waals surface area contributed by atoms with Gasteiger partial charge in [0, 0.05) is 17.5 Å². The van der Waals surface area contributed by atoms with E-state index >= 15 is 0 Å². The number of rotatable bonds is 6. The molecule has 3 aromatic rings. The number of sulfonamides is 1. The van der Waals surface area contributed by atoms with Crippen LogP contribution in [-0.4, -0.2) is 34.2 Å². The van der Waals surface area contributed by atoms with Gasteiger partial charge in [-0.3, -0.25) is 9.52 Å². The van der Waals surface area contributed by atoms with Gasteiger partial charge in [0.2, 0.25) is 0 Å². The first-order valence-electron chi connectivity index (χ1n) is 9.39. The Hall–Kier alpha value is -2.70. The minimum Gasteiger partial charge on any atom is -0.359 e. The SMILES string of the molecule is Cc1cc(C)c(S(C)(=O)=O)c(C)c1NC(=O)c1sccc1S(=O)(=O)Nc1noc(C)c1C. The highest BCUT2D eigenvalue weighted by atomic mass is 32.2. The first-order valence-corrected chi connectivity index (χ1v) is 13.6. The van der Waals surface area contributed by atoms with Crippen LogP contribution in [0.4, 0.5) is 11.5 Å². The van der Waals surface area contributed by atoms with E-state index in [9.17, 15) is 21.6 Å². The van der Waals surface area contributed by atoms with E-state index in [0.29, 0.717) is 33.7 Å². The van der Waals surface area contributed by atoms with Crippen LogP contribution in [0.15, 0.2) is 31.8 Å². The summed E-state index contributed by atoms with van der Waals surface area (Å²) in [6, 6.07) is 2.99. The summed E-state index contributed by atoms with van der Waals surface area (Å²) in [7, 11) is -7.66. The zero-order valence-corrected chi connectivity index (χ0v) is 20.8. The number of nitrogens with one attached hydrogen (secondary N) is 2. The van der Waals surface area contributed by atoms with E-state index in [2.05, 4.69) is 15.2 Å². The molecule has 9 nitrogen and oxygen atoms in total. The maximum atomic E-state index is 13.0. The normalized spacial score (nSPS) is 12.1. The number of amides is 1. The van der Waals surface area contributed by atoms with E-state index < -0.39 is 25.8 Å². The maximum Gasteiger partial charge on any atom is 0.267 e. The van der Waals surface area contributed by atoms with Crippen molar-refractivity contribution in [3.05, 3.63) is 50.4 Å². The number of carbonyl (C=O) groups excluding carboxylic acids is 1. The van der Waals surface area contributed by atoms with Crippen LogP contribution in [0.1, 0.15) is 37.7 Å². The molecule has 0 radical (unpaired) electrons. The van der Waals surface area contributed by atoms with Crippen LogP contribution in [0.2, 0.25) is 0 Å². The number of carbonyl (C=O) groups is 1. The van der Waals surface area contributed by atoms with E-state index in [-0.39, 0.29) is 20.5 Å². The lowest BCUT2D eigenvalue weighted by molar-refractivity contribution is 0.102. The van der Waals surface area contributed by atoms with E-state index in [1.54, 1.807) is 40.7 Å². The van der Waals surface area contributed by atoms with Crippen LogP contribution in [0.25, 0.3) is 0 Å². The number of anilines is 2. The molecule has 12 heteroatoms. The zero-order chi connectivity index (χ0) is 24.0. The highest BCUT2D eigenvalue weighted by Gasteiger charge is 2.27. The van der Waals surface area contributed by atoms with Crippen molar-refractivity contribution in [2.75, 3.05) is 16.3 Å². The molecule has 0 saturated carbocycles. The lowest BCUT2D eigenvalue weighted by Crippen LogP contribution is -2.20. The molecular weight excluding hydrogens is 474 g/mol. The average Bonchev–Trinajstić information content (AvgIpc) is 3.27. The van der Waals surface area contributed by atoms with Crippen molar-refractivity contribution < 1.29 is 26.2 Å². The van der Waals surface area contributed by atoms with E-state index in [1.165, 1.54) is 11.4 Å². The van der Waals surface area contributed by atoms with E-state index in [1.807, 2.05) is 0 Å². The molecule has 0 fully saturated rings. The van der Waals surface area contributed by atoms with Crippen LogP contribution < -0.4 is 10.0 Å². The first-order chi connectivity index (χ1) is 14.7. The molecule has 0 atom stereocenters. The third-order valence-corrected chi connectivity index (χ3v) is 8.82. The summed E-state index contributed by atoms with van der Waals surface area (Å²) in [6.07, 6.45) is 1.10. The highest BCUT2D eigenvalue weighted by Crippen LogP contribution is 2.32. The van der Waals surface area contributed by atoms with Gasteiger partial charge in [-0.05, 0) is 62.8 Å². The van der Waals surface area contributed by atoms with Crippen molar-refractivity contribution in [3.63, 3.8) is 0 Å². The number of hydrogen-bond acceptors (Lipinski definition) is 8. The topological polar surface area (TPSA) is 135 Å². The molecule has 32 heavy (non-hydrogen) atoms. The molecule has 172 valence electrons. The van der Waals surface area contributed by atoms with Crippen LogP contribution in [-0.2, 0) is 19.9 Å². The van der Waals surface area contributed by atoms with Gasteiger partial charge in [0.15, 0.2) is 15.7 Å². The molecule has 0 aliphatic carbocycles. The van der Waals surface area contributed by atoms with Gasteiger partial charge in [-0.1, -0.05) is 11.2 Å². The van der Waals surface area contributed by atoms with Crippen molar-refractivity contribution in [2.45, 2.75) is 44.4 Å². The lowest BCUT2D eigenvalue weighted by atomic mass is 10.0. The summed E-state index contributed by atoms with van der Waals surface area (Å²) in [5, 5.41) is 7.88. The van der Waals surface area contributed by atoms with Crippen LogP contribution in [0, 0.1) is 34.6 Å². The van der Waals surface area contributed by atoms with Crippen molar-refractivity contribution in [1.82, 2.24) is 5.16 Å². The van der Waals surface area contributed by atoms with Crippen LogP contribution in [0.3, 0.4) is 0 Å². The lowest BCUT2D eigenvalue weighted by Gasteiger charge is -2.17. The van der Waals surface area contributed by atoms with Gasteiger partial charge in [-0.2, -0.15) is 0 Å². The Labute approximate surface area is 190 Å². The number of hydrogen-bond donors (Lipinski definition) is 2. The molecule has 0 aliphatic heterocycles. The second-order valence-electron chi connectivity index (χ2n) is 7.50. The smallest absolute Gasteiger partial charge is 0.267 e. The Morgan fingerprint density at radius 2 is 1.69 bits per heavy atom. The molecule has 0 spiro atoms. The summed E-state index contributed by atoms with van der Waals surface area (Å²) in [5.74, 6) is -0.149. The predicted octanol–water partition coefficient (Wildman–Crippen LogP) is 3.73. The number of sulfone groups is 1. The summed E-state index contributed by atoms with van der Waals surface area (Å²) < 4.78 is 57.6. The van der Waals surface area contributed by atoms with E-state index in [0.717, 1.165) is 17.6 Å². The van der Waals surface area contributed by atoms with Gasteiger partial charge in [0.05, 0.1) is 4.90 Å². The first kappa shape index (κ1) is 24.0. The van der Waals surface area contributed by atoms with Gasteiger partial charge in [-0.25, -0.2) is 16.8 Å². The minimum absolute atomic E-state index is 0.0445. The molecule has 2 aromatic heterocycles. The average molecular weight is 498 g/mol. The fourth-order valence-electron chi connectivity index (χ4n) is 3.47. The van der Waals surface area contributed by atoms with Gasteiger partial charge in [-0.15, -0.1) is 11.3 Å².